The molecule has 4 aliphatic carbocycles. The van der Waals surface area contributed by atoms with Crippen LogP contribution in [0.4, 0.5) is 0 Å². The molecule has 6 atom stereocenters. The van der Waals surface area contributed by atoms with Crippen molar-refractivity contribution >= 4 is 16.6 Å². The highest BCUT2D eigenvalue weighted by Crippen LogP contribution is 2.73. The van der Waals surface area contributed by atoms with Gasteiger partial charge < -0.3 is 9.47 Å². The van der Waals surface area contributed by atoms with Crippen LogP contribution in [0.1, 0.15) is 42.2 Å². The number of benzene rings is 2. The van der Waals surface area contributed by atoms with E-state index in [0.29, 0.717) is 41.3 Å². The number of rotatable bonds is 2. The van der Waals surface area contributed by atoms with Gasteiger partial charge in [-0.15, -0.1) is 0 Å². The molecule has 0 heterocycles. The second kappa shape index (κ2) is 4.57. The van der Waals surface area contributed by atoms with Crippen LogP contribution in [-0.4, -0.2) is 20.0 Å². The summed E-state index contributed by atoms with van der Waals surface area (Å²) in [5, 5.41) is 2.28. The van der Waals surface area contributed by atoms with Crippen LogP contribution in [0, 0.1) is 23.7 Å². The van der Waals surface area contributed by atoms with E-state index < -0.39 is 0 Å². The van der Waals surface area contributed by atoms with Crippen molar-refractivity contribution in [3.8, 4) is 11.5 Å². The van der Waals surface area contributed by atoms with E-state index in [4.69, 9.17) is 9.47 Å². The standard InChI is InChI=1S/C22H22O3/c1-24-21-10-5-3-4-6-11(10)22(25-2)19-15-9-14(18(19)21)16-12-7-8-13(17(15)16)20(12)23/h3-6,12-17H,7-9H2,1-2H3. The summed E-state index contributed by atoms with van der Waals surface area (Å²) < 4.78 is 11.9. The van der Waals surface area contributed by atoms with Gasteiger partial charge in [0.05, 0.1) is 14.2 Å². The van der Waals surface area contributed by atoms with E-state index in [-0.39, 0.29) is 0 Å². The van der Waals surface area contributed by atoms with Crippen molar-refractivity contribution in [2.75, 3.05) is 14.2 Å². The number of ketones is 1. The Bertz CT molecular complexity index is 858. The summed E-state index contributed by atoms with van der Waals surface area (Å²) in [7, 11) is 3.56. The van der Waals surface area contributed by atoms with Crippen LogP contribution < -0.4 is 9.47 Å². The predicted molar refractivity (Wildman–Crippen MR) is 95.4 cm³/mol. The summed E-state index contributed by atoms with van der Waals surface area (Å²) in [5.41, 5.74) is 2.70. The molecule has 0 N–H and O–H groups in total. The Morgan fingerprint density at radius 3 is 1.72 bits per heavy atom. The average molecular weight is 334 g/mol. The molecule has 25 heavy (non-hydrogen) atoms. The monoisotopic (exact) mass is 334 g/mol. The van der Waals surface area contributed by atoms with Crippen LogP contribution in [0.3, 0.4) is 0 Å². The largest absolute Gasteiger partial charge is 0.496 e. The number of hydrogen-bond donors (Lipinski definition) is 0. The zero-order valence-corrected chi connectivity index (χ0v) is 14.6. The van der Waals surface area contributed by atoms with Gasteiger partial charge in [0.1, 0.15) is 17.3 Å². The van der Waals surface area contributed by atoms with Gasteiger partial charge in [-0.05, 0) is 42.9 Å². The minimum absolute atomic E-state index is 0.306. The Morgan fingerprint density at radius 1 is 0.800 bits per heavy atom. The van der Waals surface area contributed by atoms with E-state index in [9.17, 15) is 4.79 Å². The van der Waals surface area contributed by atoms with Gasteiger partial charge in [0.25, 0.3) is 0 Å². The molecular formula is C22H22O3. The fourth-order valence-electron chi connectivity index (χ4n) is 7.12. The summed E-state index contributed by atoms with van der Waals surface area (Å²) in [5.74, 6) is 5.24. The molecular weight excluding hydrogens is 312 g/mol. The number of methoxy groups -OCH3 is 2. The first-order valence-corrected chi connectivity index (χ1v) is 9.46. The van der Waals surface area contributed by atoms with Crippen LogP contribution >= 0.6 is 0 Å². The molecule has 2 aromatic rings. The fourth-order valence-corrected chi connectivity index (χ4v) is 7.12. The van der Waals surface area contributed by atoms with Crippen molar-refractivity contribution in [3.63, 3.8) is 0 Å². The van der Waals surface area contributed by atoms with Gasteiger partial charge in [-0.3, -0.25) is 4.79 Å². The molecule has 6 unspecified atom stereocenters. The predicted octanol–water partition coefficient (Wildman–Crippen LogP) is 4.28. The maximum atomic E-state index is 12.7. The van der Waals surface area contributed by atoms with Crippen LogP contribution in [0.5, 0.6) is 11.5 Å². The fraction of sp³-hybridized carbons (Fsp3) is 0.500. The van der Waals surface area contributed by atoms with Crippen molar-refractivity contribution in [1.82, 2.24) is 0 Å². The van der Waals surface area contributed by atoms with Crippen LogP contribution in [0.25, 0.3) is 10.8 Å². The lowest BCUT2D eigenvalue weighted by molar-refractivity contribution is -0.122. The highest BCUT2D eigenvalue weighted by Gasteiger charge is 2.66. The Kier molecular flexibility index (Phi) is 2.59. The SMILES string of the molecule is COc1c2c(c(OC)c3ccccc13)C1CC2C2C3CCC(C3=O)C12. The van der Waals surface area contributed by atoms with Crippen molar-refractivity contribution < 1.29 is 14.3 Å². The third-order valence-electron chi connectivity index (χ3n) is 7.68. The molecule has 0 amide bonds. The third kappa shape index (κ3) is 1.44. The summed E-state index contributed by atoms with van der Waals surface area (Å²) in [6.07, 6.45) is 3.39. The van der Waals surface area contributed by atoms with Gasteiger partial charge in [-0.2, -0.15) is 0 Å². The van der Waals surface area contributed by atoms with Gasteiger partial charge in [-0.25, -0.2) is 0 Å². The van der Waals surface area contributed by atoms with Crippen LogP contribution in [-0.2, 0) is 4.79 Å². The first-order valence-electron chi connectivity index (χ1n) is 9.46. The molecule has 2 aromatic carbocycles. The maximum Gasteiger partial charge on any atom is 0.139 e. The first-order chi connectivity index (χ1) is 12.3. The number of carbonyl (C=O) groups excluding carboxylic acids is 1. The van der Waals surface area contributed by atoms with Crippen LogP contribution in [0.2, 0.25) is 0 Å². The molecule has 6 rings (SSSR count). The first kappa shape index (κ1) is 14.2. The quantitative estimate of drug-likeness (QED) is 0.769. The van der Waals surface area contributed by atoms with Crippen molar-refractivity contribution in [2.45, 2.75) is 31.1 Å². The molecule has 128 valence electrons. The highest BCUT2D eigenvalue weighted by molar-refractivity contribution is 5.98. The summed E-state index contributed by atoms with van der Waals surface area (Å²) in [6.45, 7) is 0. The highest BCUT2D eigenvalue weighted by atomic mass is 16.5. The Morgan fingerprint density at radius 2 is 1.28 bits per heavy atom. The average Bonchev–Trinajstić information content (AvgIpc) is 3.37. The van der Waals surface area contributed by atoms with E-state index in [2.05, 4.69) is 24.3 Å². The minimum atomic E-state index is 0.306. The summed E-state index contributed by atoms with van der Waals surface area (Å²) >= 11 is 0. The minimum Gasteiger partial charge on any atom is -0.496 e. The second-order valence-electron chi connectivity index (χ2n) is 8.24. The lowest BCUT2D eigenvalue weighted by Gasteiger charge is -2.36. The number of Topliss-reactive ketones (excluding diaryl/α,β-unsaturated/α-hetero) is 1. The zero-order chi connectivity index (χ0) is 16.9. The Hall–Kier alpha value is -2.03. The molecule has 3 saturated carbocycles. The van der Waals surface area contributed by atoms with Gasteiger partial charge in [0.15, 0.2) is 0 Å². The Labute approximate surface area is 147 Å². The number of carbonyl (C=O) groups is 1. The van der Waals surface area contributed by atoms with E-state index >= 15 is 0 Å². The molecule has 3 fully saturated rings. The van der Waals surface area contributed by atoms with E-state index in [0.717, 1.165) is 35.1 Å². The Balaban J connectivity index is 1.67. The summed E-state index contributed by atoms with van der Waals surface area (Å²) in [4.78, 5) is 12.7. The third-order valence-corrected chi connectivity index (χ3v) is 7.68. The molecule has 0 saturated heterocycles. The van der Waals surface area contributed by atoms with Crippen LogP contribution in [0.15, 0.2) is 24.3 Å². The molecule has 0 spiro atoms. The lowest BCUT2D eigenvalue weighted by atomic mass is 9.68. The molecule has 4 aliphatic rings. The molecule has 0 aromatic heterocycles. The van der Waals surface area contributed by atoms with Gasteiger partial charge >= 0.3 is 0 Å². The number of hydrogen-bond acceptors (Lipinski definition) is 3. The smallest absolute Gasteiger partial charge is 0.139 e. The van der Waals surface area contributed by atoms with Gasteiger partial charge in [0.2, 0.25) is 0 Å². The van der Waals surface area contributed by atoms with E-state index in [1.807, 2.05) is 0 Å². The number of fused-ring (bicyclic) bond motifs is 13. The van der Waals surface area contributed by atoms with Crippen molar-refractivity contribution in [2.24, 2.45) is 23.7 Å². The lowest BCUT2D eigenvalue weighted by Crippen LogP contribution is -2.28. The topological polar surface area (TPSA) is 35.5 Å². The molecule has 0 radical (unpaired) electrons. The van der Waals surface area contributed by atoms with Gasteiger partial charge in [-0.1, -0.05) is 24.3 Å². The summed E-state index contributed by atoms with van der Waals surface area (Å²) in [6, 6.07) is 8.39. The molecule has 3 nitrogen and oxygen atoms in total. The van der Waals surface area contributed by atoms with Crippen molar-refractivity contribution in [3.05, 3.63) is 35.4 Å². The van der Waals surface area contributed by atoms with Gasteiger partial charge in [0, 0.05) is 33.7 Å². The molecule has 4 bridgehead atoms. The molecule has 0 aliphatic heterocycles. The van der Waals surface area contributed by atoms with E-state index in [1.165, 1.54) is 17.5 Å². The second-order valence-corrected chi connectivity index (χ2v) is 8.24. The number of ether oxygens (including phenoxy) is 2. The normalized spacial score (nSPS) is 36.8. The van der Waals surface area contributed by atoms with Crippen molar-refractivity contribution in [1.29, 1.82) is 0 Å². The zero-order valence-electron chi connectivity index (χ0n) is 14.6. The molecule has 3 heteroatoms. The maximum absolute atomic E-state index is 12.7. The van der Waals surface area contributed by atoms with E-state index in [1.54, 1.807) is 14.2 Å².